The van der Waals surface area contributed by atoms with Crippen molar-refractivity contribution in [1.29, 1.82) is 0 Å². The molecule has 12 heteroatoms. The van der Waals surface area contributed by atoms with Crippen LogP contribution in [0.4, 0.5) is 5.69 Å². The molecule has 0 spiro atoms. The highest BCUT2D eigenvalue weighted by Gasteiger charge is 2.50. The summed E-state index contributed by atoms with van der Waals surface area (Å²) in [5, 5.41) is 24.1. The van der Waals surface area contributed by atoms with E-state index in [1.54, 1.807) is 38.1 Å². The molecule has 0 saturated carbocycles. The molecule has 2 aromatic carbocycles. The first-order valence-electron chi connectivity index (χ1n) is 11.5. The van der Waals surface area contributed by atoms with Gasteiger partial charge in [-0.05, 0) is 72.8 Å². The third-order valence-corrected chi connectivity index (χ3v) is 7.07. The summed E-state index contributed by atoms with van der Waals surface area (Å²) in [6.07, 6.45) is -4.77. The highest BCUT2D eigenvalue weighted by Crippen LogP contribution is 2.39. The number of ether oxygens (including phenoxy) is 5. The normalized spacial score (nSPS) is 22.6. The fourth-order valence-corrected chi connectivity index (χ4v) is 5.08. The van der Waals surface area contributed by atoms with Crippen LogP contribution in [0.2, 0.25) is 0 Å². The molecular weight excluding hydrogens is 613 g/mol. The monoisotopic (exact) mass is 641 g/mol. The molecule has 0 bridgehead atoms. The van der Waals surface area contributed by atoms with Gasteiger partial charge in [0.1, 0.15) is 29.7 Å². The summed E-state index contributed by atoms with van der Waals surface area (Å²) >= 11 is 2.05. The Morgan fingerprint density at radius 2 is 1.74 bits per heavy atom. The van der Waals surface area contributed by atoms with Gasteiger partial charge in [0.05, 0.1) is 23.4 Å². The van der Waals surface area contributed by atoms with Crippen LogP contribution < -0.4 is 25.2 Å². The fourth-order valence-electron chi connectivity index (χ4n) is 4.35. The van der Waals surface area contributed by atoms with Gasteiger partial charge in [0.2, 0.25) is 12.0 Å². The van der Waals surface area contributed by atoms with Crippen molar-refractivity contribution < 1.29 is 43.1 Å². The molecule has 1 aliphatic rings. The Labute approximate surface area is 231 Å². The molecule has 0 radical (unpaired) electrons. The Bertz CT molecular complexity index is 1400. The van der Waals surface area contributed by atoms with E-state index in [-0.39, 0.29) is 22.8 Å². The summed E-state index contributed by atoms with van der Waals surface area (Å²) in [4.78, 5) is 25.5. The number of halogens is 1. The number of hydrogen-bond acceptors (Lipinski definition) is 10. The molecule has 1 aliphatic heterocycles. The number of rotatable bonds is 7. The Kier molecular flexibility index (Phi) is 8.18. The molecule has 1 amide bonds. The number of carbonyl (C=O) groups is 1. The van der Waals surface area contributed by atoms with Crippen molar-refractivity contribution in [3.63, 3.8) is 0 Å². The lowest BCUT2D eigenvalue weighted by molar-refractivity contribution is -0.306. The number of fused-ring (bicyclic) bond motifs is 1. The summed E-state index contributed by atoms with van der Waals surface area (Å²) in [7, 11) is 4.31. The standard InChI is InChI=1S/C26H28INO10/c1-26(2)22(35-5)18(29)19(30)25(38-26)36-17-9-6-12-11-15(24(32)37-20(12)21(17)34-4)28-23(31)13-7-8-16(33-3)14(27)10-13/h6-11,18-19,22,25,29-30H,1-5H3,(H,28,31). The Balaban J connectivity index is 1.62. The maximum atomic E-state index is 12.8. The number of carbonyl (C=O) groups excluding carboxylic acids is 1. The van der Waals surface area contributed by atoms with E-state index in [0.717, 1.165) is 3.57 Å². The van der Waals surface area contributed by atoms with Crippen molar-refractivity contribution in [2.45, 2.75) is 44.1 Å². The van der Waals surface area contributed by atoms with Crippen molar-refractivity contribution in [3.05, 3.63) is 56.0 Å². The first-order valence-corrected chi connectivity index (χ1v) is 12.6. The predicted molar refractivity (Wildman–Crippen MR) is 145 cm³/mol. The van der Waals surface area contributed by atoms with Gasteiger partial charge in [-0.15, -0.1) is 0 Å². The number of aliphatic hydroxyl groups excluding tert-OH is 2. The average molecular weight is 641 g/mol. The number of hydrogen-bond donors (Lipinski definition) is 3. The summed E-state index contributed by atoms with van der Waals surface area (Å²) < 4.78 is 33.9. The van der Waals surface area contributed by atoms with E-state index in [9.17, 15) is 19.8 Å². The van der Waals surface area contributed by atoms with Crippen LogP contribution in [0.25, 0.3) is 11.0 Å². The van der Waals surface area contributed by atoms with Crippen LogP contribution in [0.5, 0.6) is 17.2 Å². The molecule has 0 aliphatic carbocycles. The zero-order chi connectivity index (χ0) is 27.8. The van der Waals surface area contributed by atoms with Crippen molar-refractivity contribution in [2.24, 2.45) is 0 Å². The van der Waals surface area contributed by atoms with Crippen molar-refractivity contribution in [1.82, 2.24) is 0 Å². The molecule has 4 atom stereocenters. The second-order valence-electron chi connectivity index (χ2n) is 9.11. The van der Waals surface area contributed by atoms with Gasteiger partial charge in [-0.2, -0.15) is 0 Å². The molecule has 3 N–H and O–H groups in total. The van der Waals surface area contributed by atoms with Gasteiger partial charge in [0.25, 0.3) is 5.91 Å². The molecule has 1 saturated heterocycles. The number of nitrogens with one attached hydrogen (secondary N) is 1. The minimum atomic E-state index is -1.43. The van der Waals surface area contributed by atoms with Gasteiger partial charge in [0.15, 0.2) is 11.3 Å². The number of aliphatic hydroxyl groups is 2. The third-order valence-electron chi connectivity index (χ3n) is 6.23. The maximum Gasteiger partial charge on any atom is 0.360 e. The predicted octanol–water partition coefficient (Wildman–Crippen LogP) is 2.92. The van der Waals surface area contributed by atoms with Gasteiger partial charge in [-0.25, -0.2) is 4.79 Å². The number of methoxy groups -OCH3 is 3. The SMILES string of the molecule is COc1ccc(C(=O)Nc2cc3ccc(OC4OC(C)(C)C(OC)C(O)C4O)c(OC)c3oc2=O)cc1I. The van der Waals surface area contributed by atoms with Gasteiger partial charge in [-0.3, -0.25) is 4.79 Å². The Morgan fingerprint density at radius 3 is 2.37 bits per heavy atom. The molecule has 1 fully saturated rings. The first-order chi connectivity index (χ1) is 18.0. The minimum absolute atomic E-state index is 0.0619. The Hall–Kier alpha value is -2.91. The second kappa shape index (κ2) is 11.1. The lowest BCUT2D eigenvalue weighted by Crippen LogP contribution is -2.63. The van der Waals surface area contributed by atoms with E-state index in [2.05, 4.69) is 27.9 Å². The number of benzene rings is 2. The van der Waals surface area contributed by atoms with Gasteiger partial charge in [0, 0.05) is 18.1 Å². The highest BCUT2D eigenvalue weighted by molar-refractivity contribution is 14.1. The molecule has 3 aromatic rings. The first kappa shape index (κ1) is 28.1. The van der Waals surface area contributed by atoms with Crippen molar-refractivity contribution in [3.8, 4) is 17.2 Å². The summed E-state index contributed by atoms with van der Waals surface area (Å²) in [6, 6.07) is 9.48. The lowest BCUT2D eigenvalue weighted by Gasteiger charge is -2.46. The van der Waals surface area contributed by atoms with Crippen molar-refractivity contribution >= 4 is 45.2 Å². The zero-order valence-corrected chi connectivity index (χ0v) is 23.5. The average Bonchev–Trinajstić information content (AvgIpc) is 2.87. The Morgan fingerprint density at radius 1 is 1.03 bits per heavy atom. The highest BCUT2D eigenvalue weighted by atomic mass is 127. The quantitative estimate of drug-likeness (QED) is 0.260. The maximum absolute atomic E-state index is 12.8. The zero-order valence-electron chi connectivity index (χ0n) is 21.3. The smallest absolute Gasteiger partial charge is 0.360 e. The van der Waals surface area contributed by atoms with Gasteiger partial charge in [-0.1, -0.05) is 0 Å². The van der Waals surface area contributed by atoms with E-state index < -0.39 is 41.7 Å². The van der Waals surface area contributed by atoms with Crippen LogP contribution in [0.1, 0.15) is 24.2 Å². The van der Waals surface area contributed by atoms with Crippen LogP contribution in [0.3, 0.4) is 0 Å². The fraction of sp³-hybridized carbons (Fsp3) is 0.385. The lowest BCUT2D eigenvalue weighted by atomic mass is 9.89. The molecule has 11 nitrogen and oxygen atoms in total. The molecule has 4 rings (SSSR count). The summed E-state index contributed by atoms with van der Waals surface area (Å²) in [5.74, 6) is 0.304. The topological polar surface area (TPSA) is 146 Å². The molecule has 204 valence electrons. The van der Waals surface area contributed by atoms with Gasteiger partial charge >= 0.3 is 5.63 Å². The van der Waals surface area contributed by atoms with Crippen LogP contribution in [0, 0.1) is 3.57 Å². The van der Waals surface area contributed by atoms with Crippen LogP contribution in [0.15, 0.2) is 45.6 Å². The van der Waals surface area contributed by atoms with Crippen LogP contribution >= 0.6 is 22.6 Å². The molecule has 1 aromatic heterocycles. The number of amides is 1. The minimum Gasteiger partial charge on any atom is -0.496 e. The van der Waals surface area contributed by atoms with E-state index in [1.165, 1.54) is 33.5 Å². The van der Waals surface area contributed by atoms with Crippen molar-refractivity contribution in [2.75, 3.05) is 26.6 Å². The second-order valence-corrected chi connectivity index (χ2v) is 10.3. The van der Waals surface area contributed by atoms with Gasteiger partial charge < -0.3 is 43.6 Å². The van der Waals surface area contributed by atoms with E-state index in [0.29, 0.717) is 16.7 Å². The third kappa shape index (κ3) is 5.31. The largest absolute Gasteiger partial charge is 0.496 e. The van der Waals surface area contributed by atoms with E-state index in [1.807, 2.05) is 0 Å². The van der Waals surface area contributed by atoms with E-state index in [4.69, 9.17) is 28.1 Å². The molecule has 2 heterocycles. The number of anilines is 1. The van der Waals surface area contributed by atoms with Crippen LogP contribution in [-0.4, -0.2) is 67.7 Å². The summed E-state index contributed by atoms with van der Waals surface area (Å²) in [5.41, 5.74) is -1.46. The van der Waals surface area contributed by atoms with Crippen LogP contribution in [-0.2, 0) is 9.47 Å². The molecule has 4 unspecified atom stereocenters. The van der Waals surface area contributed by atoms with E-state index >= 15 is 0 Å². The summed E-state index contributed by atoms with van der Waals surface area (Å²) in [6.45, 7) is 3.40. The molecular formula is C26H28INO10. The molecule has 38 heavy (non-hydrogen) atoms.